The summed E-state index contributed by atoms with van der Waals surface area (Å²) in [7, 11) is 1.68. The molecule has 1 atom stereocenters. The Hall–Kier alpha value is -0.610. The smallest absolute Gasteiger partial charge is 0.239 e. The predicted octanol–water partition coefficient (Wildman–Crippen LogP) is 1.01. The summed E-state index contributed by atoms with van der Waals surface area (Å²) >= 11 is 0. The van der Waals surface area contributed by atoms with Gasteiger partial charge >= 0.3 is 0 Å². The van der Waals surface area contributed by atoms with Crippen LogP contribution in [-0.4, -0.2) is 48.7 Å². The number of ether oxygens (including phenoxy) is 1. The van der Waals surface area contributed by atoms with Crippen LogP contribution < -0.4 is 5.32 Å². The number of carbonyl (C=O) groups excluding carboxylic acids is 1. The summed E-state index contributed by atoms with van der Waals surface area (Å²) in [6, 6.07) is 0.344. The van der Waals surface area contributed by atoms with E-state index in [1.165, 1.54) is 0 Å². The van der Waals surface area contributed by atoms with Crippen LogP contribution in [0.2, 0.25) is 0 Å². The molecule has 0 radical (unpaired) electrons. The number of hydrogen-bond donors (Lipinski definition) is 1. The molecule has 0 aromatic heterocycles. The summed E-state index contributed by atoms with van der Waals surface area (Å²) in [5.41, 5.74) is -0.262. The zero-order chi connectivity index (χ0) is 12.3. The molecule has 16 heavy (non-hydrogen) atoms. The molecule has 1 N–H and O–H groups in total. The van der Waals surface area contributed by atoms with Crippen molar-refractivity contribution in [2.24, 2.45) is 0 Å². The molecule has 1 aliphatic heterocycles. The van der Waals surface area contributed by atoms with Gasteiger partial charge < -0.3 is 15.0 Å². The SMILES string of the molecule is COC(C)(C)CN1CCC(NC(C)C)C1=O. The van der Waals surface area contributed by atoms with Crippen molar-refractivity contribution < 1.29 is 9.53 Å². The standard InChI is InChI=1S/C12H24N2O2/c1-9(2)13-10-6-7-14(11(10)15)8-12(3,4)16-5/h9-10,13H,6-8H2,1-5H3. The summed E-state index contributed by atoms with van der Waals surface area (Å²) in [6.45, 7) is 9.63. The Labute approximate surface area is 98.3 Å². The van der Waals surface area contributed by atoms with Crippen molar-refractivity contribution in [3.63, 3.8) is 0 Å². The normalized spacial score (nSPS) is 22.2. The van der Waals surface area contributed by atoms with Gasteiger partial charge in [-0.1, -0.05) is 13.8 Å². The number of carbonyl (C=O) groups is 1. The lowest BCUT2D eigenvalue weighted by Gasteiger charge is -2.29. The Bertz CT molecular complexity index is 251. The van der Waals surface area contributed by atoms with Gasteiger partial charge in [0.05, 0.1) is 11.6 Å². The van der Waals surface area contributed by atoms with Gasteiger partial charge in [-0.25, -0.2) is 0 Å². The van der Waals surface area contributed by atoms with Gasteiger partial charge in [-0.15, -0.1) is 0 Å². The molecular formula is C12H24N2O2. The third kappa shape index (κ3) is 3.46. The van der Waals surface area contributed by atoms with Gasteiger partial charge in [-0.3, -0.25) is 4.79 Å². The highest BCUT2D eigenvalue weighted by Crippen LogP contribution is 2.17. The summed E-state index contributed by atoms with van der Waals surface area (Å²) in [6.07, 6.45) is 0.900. The van der Waals surface area contributed by atoms with E-state index in [4.69, 9.17) is 4.74 Å². The van der Waals surface area contributed by atoms with Crippen molar-refractivity contribution in [1.82, 2.24) is 10.2 Å². The molecule has 4 heteroatoms. The topological polar surface area (TPSA) is 41.6 Å². The molecule has 1 unspecified atom stereocenters. The molecule has 1 aliphatic rings. The Balaban J connectivity index is 2.51. The van der Waals surface area contributed by atoms with Crippen LogP contribution in [0, 0.1) is 0 Å². The highest BCUT2D eigenvalue weighted by Gasteiger charge is 2.34. The van der Waals surface area contributed by atoms with E-state index < -0.39 is 0 Å². The largest absolute Gasteiger partial charge is 0.377 e. The van der Waals surface area contributed by atoms with Crippen LogP contribution >= 0.6 is 0 Å². The van der Waals surface area contributed by atoms with Crippen LogP contribution in [0.3, 0.4) is 0 Å². The number of nitrogens with one attached hydrogen (secondary N) is 1. The van der Waals surface area contributed by atoms with Crippen molar-refractivity contribution in [2.75, 3.05) is 20.2 Å². The molecule has 0 saturated carbocycles. The monoisotopic (exact) mass is 228 g/mol. The van der Waals surface area contributed by atoms with E-state index in [1.807, 2.05) is 18.7 Å². The fraction of sp³-hybridized carbons (Fsp3) is 0.917. The second-order valence-electron chi connectivity index (χ2n) is 5.39. The lowest BCUT2D eigenvalue weighted by molar-refractivity contribution is -0.132. The molecule has 4 nitrogen and oxygen atoms in total. The Morgan fingerprint density at radius 3 is 2.69 bits per heavy atom. The number of hydrogen-bond acceptors (Lipinski definition) is 3. The minimum absolute atomic E-state index is 0.00680. The molecule has 1 heterocycles. The molecule has 0 bridgehead atoms. The molecule has 0 spiro atoms. The van der Waals surface area contributed by atoms with Crippen LogP contribution in [0.15, 0.2) is 0 Å². The van der Waals surface area contributed by atoms with Crippen LogP contribution in [0.5, 0.6) is 0 Å². The second kappa shape index (κ2) is 5.15. The third-order valence-electron chi connectivity index (χ3n) is 2.96. The molecule has 0 aliphatic carbocycles. The van der Waals surface area contributed by atoms with Crippen molar-refractivity contribution in [2.45, 2.75) is 51.8 Å². The number of likely N-dealkylation sites (tertiary alicyclic amines) is 1. The molecule has 1 amide bonds. The van der Waals surface area contributed by atoms with Crippen LogP contribution in [0.1, 0.15) is 34.1 Å². The maximum atomic E-state index is 12.0. The maximum absolute atomic E-state index is 12.0. The first kappa shape index (κ1) is 13.5. The van der Waals surface area contributed by atoms with Gasteiger partial charge in [-0.05, 0) is 20.3 Å². The fourth-order valence-corrected chi connectivity index (χ4v) is 1.98. The quantitative estimate of drug-likeness (QED) is 0.763. The molecule has 94 valence electrons. The first-order valence-corrected chi connectivity index (χ1v) is 5.96. The summed E-state index contributed by atoms with van der Waals surface area (Å²) in [4.78, 5) is 13.9. The highest BCUT2D eigenvalue weighted by atomic mass is 16.5. The van der Waals surface area contributed by atoms with E-state index in [9.17, 15) is 4.79 Å². The van der Waals surface area contributed by atoms with Crippen molar-refractivity contribution in [1.29, 1.82) is 0 Å². The summed E-state index contributed by atoms with van der Waals surface area (Å²) < 4.78 is 5.35. The van der Waals surface area contributed by atoms with Crippen LogP contribution in [0.25, 0.3) is 0 Å². The number of methoxy groups -OCH3 is 1. The summed E-state index contributed by atoms with van der Waals surface area (Å²) in [5, 5.41) is 3.29. The minimum atomic E-state index is -0.262. The van der Waals surface area contributed by atoms with Gasteiger partial charge in [0.25, 0.3) is 0 Å². The summed E-state index contributed by atoms with van der Waals surface area (Å²) in [5.74, 6) is 0.207. The Morgan fingerprint density at radius 1 is 1.56 bits per heavy atom. The zero-order valence-corrected chi connectivity index (χ0v) is 11.0. The maximum Gasteiger partial charge on any atom is 0.239 e. The van der Waals surface area contributed by atoms with Gasteiger partial charge in [0.2, 0.25) is 5.91 Å². The lowest BCUT2D eigenvalue weighted by Crippen LogP contribution is -2.45. The first-order valence-electron chi connectivity index (χ1n) is 5.96. The minimum Gasteiger partial charge on any atom is -0.377 e. The second-order valence-corrected chi connectivity index (χ2v) is 5.39. The first-order chi connectivity index (χ1) is 7.35. The van der Waals surface area contributed by atoms with E-state index in [0.29, 0.717) is 12.6 Å². The predicted molar refractivity (Wildman–Crippen MR) is 64.3 cm³/mol. The Morgan fingerprint density at radius 2 is 2.19 bits per heavy atom. The van der Waals surface area contributed by atoms with Crippen molar-refractivity contribution in [3.05, 3.63) is 0 Å². The van der Waals surface area contributed by atoms with E-state index in [1.54, 1.807) is 7.11 Å². The average molecular weight is 228 g/mol. The van der Waals surface area contributed by atoms with Gasteiger partial charge in [0.1, 0.15) is 0 Å². The highest BCUT2D eigenvalue weighted by molar-refractivity contribution is 5.84. The molecule has 1 rings (SSSR count). The Kier molecular flexibility index (Phi) is 4.33. The van der Waals surface area contributed by atoms with E-state index in [2.05, 4.69) is 19.2 Å². The molecule has 1 saturated heterocycles. The van der Waals surface area contributed by atoms with Gasteiger partial charge in [-0.2, -0.15) is 0 Å². The third-order valence-corrected chi connectivity index (χ3v) is 2.96. The number of amides is 1. The van der Waals surface area contributed by atoms with Crippen LogP contribution in [0.4, 0.5) is 0 Å². The van der Waals surface area contributed by atoms with Gasteiger partial charge in [0, 0.05) is 26.2 Å². The molecular weight excluding hydrogens is 204 g/mol. The lowest BCUT2D eigenvalue weighted by atomic mass is 10.1. The molecule has 0 aromatic rings. The molecule has 1 fully saturated rings. The van der Waals surface area contributed by atoms with E-state index in [-0.39, 0.29) is 17.6 Å². The van der Waals surface area contributed by atoms with Gasteiger partial charge in [0.15, 0.2) is 0 Å². The number of nitrogens with zero attached hydrogens (tertiary/aromatic N) is 1. The van der Waals surface area contributed by atoms with Crippen molar-refractivity contribution >= 4 is 5.91 Å². The number of rotatable bonds is 5. The van der Waals surface area contributed by atoms with Crippen LogP contribution in [-0.2, 0) is 9.53 Å². The average Bonchev–Trinajstić information content (AvgIpc) is 2.49. The molecule has 0 aromatic carbocycles. The fourth-order valence-electron chi connectivity index (χ4n) is 1.98. The van der Waals surface area contributed by atoms with E-state index in [0.717, 1.165) is 13.0 Å². The van der Waals surface area contributed by atoms with Crippen molar-refractivity contribution in [3.8, 4) is 0 Å². The van der Waals surface area contributed by atoms with E-state index >= 15 is 0 Å². The zero-order valence-electron chi connectivity index (χ0n) is 11.0.